The summed E-state index contributed by atoms with van der Waals surface area (Å²) >= 11 is 1.36. The molecule has 0 radical (unpaired) electrons. The standard InChI is InChI=1S/C19H27N5OS/c1-5-20-19(24(4)12-16-9-7-6-8-14(16)2)22-11-10-21-18(25)17-15(3)23-13-26-17/h6-9,13H,5,10-12H2,1-4H3,(H,20,22)(H,21,25). The molecule has 1 amide bonds. The maximum atomic E-state index is 12.1. The van der Waals surface area contributed by atoms with Crippen LogP contribution in [-0.4, -0.2) is 48.4 Å². The summed E-state index contributed by atoms with van der Waals surface area (Å²) in [4.78, 5) is 23.6. The fourth-order valence-electron chi connectivity index (χ4n) is 2.52. The molecule has 0 saturated heterocycles. The van der Waals surface area contributed by atoms with Crippen molar-refractivity contribution in [2.75, 3.05) is 26.7 Å². The van der Waals surface area contributed by atoms with Crippen LogP contribution in [0, 0.1) is 13.8 Å². The minimum absolute atomic E-state index is 0.0848. The van der Waals surface area contributed by atoms with Gasteiger partial charge in [-0.25, -0.2) is 4.98 Å². The first-order chi connectivity index (χ1) is 12.5. The van der Waals surface area contributed by atoms with E-state index in [1.165, 1.54) is 22.5 Å². The van der Waals surface area contributed by atoms with Crippen LogP contribution in [0.2, 0.25) is 0 Å². The molecule has 0 aliphatic rings. The zero-order valence-corrected chi connectivity index (χ0v) is 16.7. The van der Waals surface area contributed by atoms with Crippen LogP contribution in [0.25, 0.3) is 0 Å². The van der Waals surface area contributed by atoms with E-state index in [0.29, 0.717) is 18.0 Å². The second-order valence-electron chi connectivity index (χ2n) is 6.04. The molecule has 26 heavy (non-hydrogen) atoms. The Labute approximate surface area is 159 Å². The van der Waals surface area contributed by atoms with E-state index in [0.717, 1.165) is 24.7 Å². The largest absolute Gasteiger partial charge is 0.357 e. The predicted molar refractivity (Wildman–Crippen MR) is 108 cm³/mol. The van der Waals surface area contributed by atoms with Crippen molar-refractivity contribution >= 4 is 23.2 Å². The SMILES string of the molecule is CCNC(=NCCNC(=O)c1scnc1C)N(C)Cc1ccccc1C. The van der Waals surface area contributed by atoms with Gasteiger partial charge in [0.25, 0.3) is 5.91 Å². The van der Waals surface area contributed by atoms with Gasteiger partial charge in [0.05, 0.1) is 17.7 Å². The van der Waals surface area contributed by atoms with Crippen molar-refractivity contribution in [1.82, 2.24) is 20.5 Å². The van der Waals surface area contributed by atoms with Gasteiger partial charge >= 0.3 is 0 Å². The first-order valence-electron chi connectivity index (χ1n) is 8.75. The van der Waals surface area contributed by atoms with E-state index in [2.05, 4.69) is 50.6 Å². The number of hydrogen-bond acceptors (Lipinski definition) is 4. The van der Waals surface area contributed by atoms with Gasteiger partial charge in [-0.3, -0.25) is 9.79 Å². The van der Waals surface area contributed by atoms with E-state index in [1.807, 2.05) is 27.0 Å². The Bertz CT molecular complexity index is 756. The molecule has 1 aromatic carbocycles. The fraction of sp³-hybridized carbons (Fsp3) is 0.421. The molecule has 0 fully saturated rings. The number of guanidine groups is 1. The molecule has 6 nitrogen and oxygen atoms in total. The normalized spacial score (nSPS) is 11.3. The summed E-state index contributed by atoms with van der Waals surface area (Å²) in [6, 6.07) is 8.35. The van der Waals surface area contributed by atoms with Gasteiger partial charge in [0, 0.05) is 26.7 Å². The number of aromatic nitrogens is 1. The quantitative estimate of drug-likeness (QED) is 0.445. The first kappa shape index (κ1) is 19.9. The molecule has 2 aromatic rings. The van der Waals surface area contributed by atoms with Crippen molar-refractivity contribution in [1.29, 1.82) is 0 Å². The summed E-state index contributed by atoms with van der Waals surface area (Å²) < 4.78 is 0. The molecule has 140 valence electrons. The Morgan fingerprint density at radius 3 is 2.69 bits per heavy atom. The van der Waals surface area contributed by atoms with Gasteiger partial charge in [0.1, 0.15) is 4.88 Å². The number of rotatable bonds is 7. The van der Waals surface area contributed by atoms with Crippen LogP contribution in [0.5, 0.6) is 0 Å². The number of aryl methyl sites for hydroxylation is 2. The lowest BCUT2D eigenvalue weighted by molar-refractivity contribution is 0.0958. The lowest BCUT2D eigenvalue weighted by atomic mass is 10.1. The Morgan fingerprint density at radius 1 is 1.27 bits per heavy atom. The molecule has 0 spiro atoms. The summed E-state index contributed by atoms with van der Waals surface area (Å²) in [5.74, 6) is 0.748. The van der Waals surface area contributed by atoms with E-state index in [9.17, 15) is 4.79 Å². The third kappa shape index (κ3) is 5.56. The van der Waals surface area contributed by atoms with Crippen molar-refractivity contribution in [3.05, 3.63) is 51.5 Å². The molecule has 7 heteroatoms. The number of carbonyl (C=O) groups is 1. The van der Waals surface area contributed by atoms with Gasteiger partial charge in [-0.2, -0.15) is 0 Å². The lowest BCUT2D eigenvalue weighted by Crippen LogP contribution is -2.39. The summed E-state index contributed by atoms with van der Waals surface area (Å²) in [5, 5.41) is 6.20. The Balaban J connectivity index is 1.90. The van der Waals surface area contributed by atoms with Crippen LogP contribution >= 0.6 is 11.3 Å². The molecular formula is C19H27N5OS. The molecule has 0 aliphatic carbocycles. The van der Waals surface area contributed by atoms with Crippen molar-refractivity contribution in [3.63, 3.8) is 0 Å². The maximum Gasteiger partial charge on any atom is 0.263 e. The first-order valence-corrected chi connectivity index (χ1v) is 9.63. The highest BCUT2D eigenvalue weighted by Crippen LogP contribution is 2.11. The lowest BCUT2D eigenvalue weighted by Gasteiger charge is -2.23. The third-order valence-electron chi connectivity index (χ3n) is 3.98. The molecule has 1 heterocycles. The highest BCUT2D eigenvalue weighted by atomic mass is 32.1. The number of thiazole rings is 1. The molecule has 0 aliphatic heterocycles. The molecule has 0 saturated carbocycles. The Morgan fingerprint density at radius 2 is 2.04 bits per heavy atom. The number of amides is 1. The zero-order valence-electron chi connectivity index (χ0n) is 15.9. The Kier molecular flexibility index (Phi) is 7.59. The molecule has 2 rings (SSSR count). The van der Waals surface area contributed by atoms with Crippen LogP contribution in [0.4, 0.5) is 0 Å². The second-order valence-corrected chi connectivity index (χ2v) is 6.90. The van der Waals surface area contributed by atoms with Crippen LogP contribution in [0.3, 0.4) is 0 Å². The van der Waals surface area contributed by atoms with Crippen LogP contribution in [0.15, 0.2) is 34.8 Å². The Hall–Kier alpha value is -2.41. The summed E-state index contributed by atoms with van der Waals surface area (Å²) in [5.41, 5.74) is 4.99. The molecule has 0 bridgehead atoms. The van der Waals surface area contributed by atoms with Crippen LogP contribution < -0.4 is 10.6 Å². The van der Waals surface area contributed by atoms with Gasteiger partial charge in [-0.05, 0) is 31.9 Å². The number of benzene rings is 1. The van der Waals surface area contributed by atoms with Crippen LogP contribution in [0.1, 0.15) is 33.4 Å². The van der Waals surface area contributed by atoms with Crippen LogP contribution in [-0.2, 0) is 6.54 Å². The minimum atomic E-state index is -0.0848. The smallest absolute Gasteiger partial charge is 0.263 e. The fourth-order valence-corrected chi connectivity index (χ4v) is 3.24. The van der Waals surface area contributed by atoms with Crippen molar-refractivity contribution < 1.29 is 4.79 Å². The molecule has 1 aromatic heterocycles. The topological polar surface area (TPSA) is 69.6 Å². The van der Waals surface area contributed by atoms with Gasteiger partial charge < -0.3 is 15.5 Å². The number of nitrogens with one attached hydrogen (secondary N) is 2. The van der Waals surface area contributed by atoms with E-state index >= 15 is 0 Å². The summed E-state index contributed by atoms with van der Waals surface area (Å²) in [6.07, 6.45) is 0. The van der Waals surface area contributed by atoms with Gasteiger partial charge in [-0.15, -0.1) is 11.3 Å². The van der Waals surface area contributed by atoms with Crippen molar-refractivity contribution in [3.8, 4) is 0 Å². The molecule has 0 unspecified atom stereocenters. The molecular weight excluding hydrogens is 346 g/mol. The van der Waals surface area contributed by atoms with Crippen molar-refractivity contribution in [2.45, 2.75) is 27.3 Å². The maximum absolute atomic E-state index is 12.1. The molecule has 2 N–H and O–H groups in total. The second kappa shape index (κ2) is 9.91. The third-order valence-corrected chi connectivity index (χ3v) is 4.90. The van der Waals surface area contributed by atoms with Gasteiger partial charge in [0.2, 0.25) is 0 Å². The highest BCUT2D eigenvalue weighted by molar-refractivity contribution is 7.11. The van der Waals surface area contributed by atoms with E-state index in [1.54, 1.807) is 5.51 Å². The zero-order chi connectivity index (χ0) is 18.9. The highest BCUT2D eigenvalue weighted by Gasteiger charge is 2.11. The molecule has 0 atom stereocenters. The van der Waals surface area contributed by atoms with E-state index in [4.69, 9.17) is 0 Å². The van der Waals surface area contributed by atoms with E-state index in [-0.39, 0.29) is 5.91 Å². The summed E-state index contributed by atoms with van der Waals surface area (Å²) in [6.45, 7) is 8.59. The summed E-state index contributed by atoms with van der Waals surface area (Å²) in [7, 11) is 2.02. The average Bonchev–Trinajstić information content (AvgIpc) is 3.05. The number of nitrogens with zero attached hydrogens (tertiary/aromatic N) is 3. The number of hydrogen-bond donors (Lipinski definition) is 2. The van der Waals surface area contributed by atoms with Gasteiger partial charge in [0.15, 0.2) is 5.96 Å². The number of aliphatic imine (C=N–C) groups is 1. The number of carbonyl (C=O) groups excluding carboxylic acids is 1. The minimum Gasteiger partial charge on any atom is -0.357 e. The van der Waals surface area contributed by atoms with E-state index < -0.39 is 0 Å². The predicted octanol–water partition coefficient (Wildman–Crippen LogP) is 2.59. The average molecular weight is 374 g/mol. The van der Waals surface area contributed by atoms with Crippen molar-refractivity contribution in [2.24, 2.45) is 4.99 Å². The monoisotopic (exact) mass is 373 g/mol. The van der Waals surface area contributed by atoms with Gasteiger partial charge in [-0.1, -0.05) is 24.3 Å².